The molecular weight excluding hydrogens is 248 g/mol. The number of benzene rings is 1. The highest BCUT2D eigenvalue weighted by molar-refractivity contribution is 7.91. The van der Waals surface area contributed by atoms with E-state index in [1.165, 1.54) is 11.3 Å². The van der Waals surface area contributed by atoms with Gasteiger partial charge in [-0.25, -0.2) is 8.42 Å². The summed E-state index contributed by atoms with van der Waals surface area (Å²) < 4.78 is 23.2. The zero-order valence-corrected chi connectivity index (χ0v) is 11.1. The van der Waals surface area contributed by atoms with Crippen LogP contribution in [-0.2, 0) is 16.3 Å². The number of aryl methyl sites for hydroxylation is 1. The van der Waals surface area contributed by atoms with Crippen molar-refractivity contribution in [2.75, 3.05) is 28.7 Å². The monoisotopic (exact) mass is 266 g/mol. The second-order valence-corrected chi connectivity index (χ2v) is 7.47. The predicted molar refractivity (Wildman–Crippen MR) is 73.6 cm³/mol. The summed E-state index contributed by atoms with van der Waals surface area (Å²) in [5, 5.41) is 0. The lowest BCUT2D eigenvalue weighted by molar-refractivity contribution is 0.590. The van der Waals surface area contributed by atoms with Gasteiger partial charge in [0.25, 0.3) is 0 Å². The van der Waals surface area contributed by atoms with Gasteiger partial charge in [0.1, 0.15) is 0 Å². The summed E-state index contributed by atoms with van der Waals surface area (Å²) in [6, 6.07) is 6.11. The van der Waals surface area contributed by atoms with Crippen molar-refractivity contribution in [3.05, 3.63) is 23.8 Å². The molecule has 0 bridgehead atoms. The van der Waals surface area contributed by atoms with Crippen molar-refractivity contribution in [1.29, 1.82) is 0 Å². The lowest BCUT2D eigenvalue weighted by Crippen LogP contribution is -2.39. The zero-order chi connectivity index (χ0) is 12.8. The summed E-state index contributed by atoms with van der Waals surface area (Å²) in [6.45, 7) is 0.955. The average molecular weight is 266 g/mol. The second kappa shape index (κ2) is 4.16. The molecular formula is C13H18N2O2S. The number of hydrogen-bond donors (Lipinski definition) is 1. The Balaban J connectivity index is 1.92. The molecule has 0 spiro atoms. The maximum Gasteiger partial charge on any atom is 0.152 e. The number of rotatable bonds is 1. The van der Waals surface area contributed by atoms with E-state index < -0.39 is 9.84 Å². The van der Waals surface area contributed by atoms with Crippen LogP contribution in [0.5, 0.6) is 0 Å². The smallest absolute Gasteiger partial charge is 0.152 e. The standard InChI is InChI=1S/C13H18N2O2S/c14-11-3-4-13-10(8-11)2-1-6-15(13)12-5-7-18(16,17)9-12/h3-4,8,12H,1-2,5-7,9,14H2. The Morgan fingerprint density at radius 3 is 2.89 bits per heavy atom. The molecule has 0 saturated carbocycles. The molecule has 18 heavy (non-hydrogen) atoms. The van der Waals surface area contributed by atoms with Crippen molar-refractivity contribution in [2.24, 2.45) is 0 Å². The van der Waals surface area contributed by atoms with Crippen LogP contribution in [0.25, 0.3) is 0 Å². The van der Waals surface area contributed by atoms with Crippen LogP contribution >= 0.6 is 0 Å². The van der Waals surface area contributed by atoms with Crippen LogP contribution in [0.4, 0.5) is 11.4 Å². The average Bonchev–Trinajstić information content (AvgIpc) is 2.68. The normalized spacial score (nSPS) is 26.0. The van der Waals surface area contributed by atoms with Crippen LogP contribution < -0.4 is 10.6 Å². The van der Waals surface area contributed by atoms with E-state index in [4.69, 9.17) is 5.73 Å². The molecule has 2 aliphatic rings. The molecule has 1 aromatic carbocycles. The molecule has 5 heteroatoms. The number of anilines is 2. The minimum atomic E-state index is -2.82. The number of nitrogens with two attached hydrogens (primary N) is 1. The molecule has 0 aromatic heterocycles. The Hall–Kier alpha value is -1.23. The summed E-state index contributed by atoms with van der Waals surface area (Å²) in [5.74, 6) is 0.634. The van der Waals surface area contributed by atoms with E-state index in [1.807, 2.05) is 18.2 Å². The van der Waals surface area contributed by atoms with E-state index in [0.29, 0.717) is 11.5 Å². The van der Waals surface area contributed by atoms with Gasteiger partial charge in [0.15, 0.2) is 9.84 Å². The van der Waals surface area contributed by atoms with Gasteiger partial charge in [-0.05, 0) is 43.0 Å². The largest absolute Gasteiger partial charge is 0.399 e. The van der Waals surface area contributed by atoms with Gasteiger partial charge in [0.2, 0.25) is 0 Å². The second-order valence-electron chi connectivity index (χ2n) is 5.24. The third-order valence-corrected chi connectivity index (χ3v) is 5.66. The quantitative estimate of drug-likeness (QED) is 0.776. The SMILES string of the molecule is Nc1ccc2c(c1)CCCN2C1CCS(=O)(=O)C1. The van der Waals surface area contributed by atoms with Gasteiger partial charge in [-0.2, -0.15) is 0 Å². The Kier molecular flexibility index (Phi) is 2.73. The Morgan fingerprint density at radius 2 is 2.17 bits per heavy atom. The zero-order valence-electron chi connectivity index (χ0n) is 10.3. The molecule has 0 radical (unpaired) electrons. The highest BCUT2D eigenvalue weighted by Gasteiger charge is 2.34. The summed E-state index contributed by atoms with van der Waals surface area (Å²) in [4.78, 5) is 2.27. The van der Waals surface area contributed by atoms with Gasteiger partial charge in [0, 0.05) is 24.0 Å². The maximum absolute atomic E-state index is 11.6. The van der Waals surface area contributed by atoms with E-state index in [9.17, 15) is 8.42 Å². The first-order valence-electron chi connectivity index (χ1n) is 6.41. The molecule has 1 saturated heterocycles. The molecule has 1 unspecified atom stereocenters. The van der Waals surface area contributed by atoms with Crippen LogP contribution in [0, 0.1) is 0 Å². The van der Waals surface area contributed by atoms with Crippen LogP contribution in [-0.4, -0.2) is 32.5 Å². The fourth-order valence-electron chi connectivity index (χ4n) is 3.05. The summed E-state index contributed by atoms with van der Waals surface area (Å²) in [5.41, 5.74) is 9.03. The lowest BCUT2D eigenvalue weighted by atomic mass is 9.99. The molecule has 3 rings (SSSR count). The summed E-state index contributed by atoms with van der Waals surface area (Å²) in [7, 11) is -2.82. The molecule has 2 heterocycles. The van der Waals surface area contributed by atoms with Gasteiger partial charge in [-0.3, -0.25) is 0 Å². The van der Waals surface area contributed by atoms with Crippen LogP contribution in [0.2, 0.25) is 0 Å². The minimum absolute atomic E-state index is 0.151. The van der Waals surface area contributed by atoms with E-state index >= 15 is 0 Å². The van der Waals surface area contributed by atoms with E-state index in [1.54, 1.807) is 0 Å². The maximum atomic E-state index is 11.6. The third-order valence-electron chi connectivity index (χ3n) is 3.91. The fourth-order valence-corrected chi connectivity index (χ4v) is 4.78. The molecule has 0 aliphatic carbocycles. The Morgan fingerprint density at radius 1 is 1.33 bits per heavy atom. The Labute approximate surface area is 108 Å². The third kappa shape index (κ3) is 2.07. The first kappa shape index (κ1) is 11.8. The van der Waals surface area contributed by atoms with Crippen LogP contribution in [0.1, 0.15) is 18.4 Å². The van der Waals surface area contributed by atoms with Crippen molar-refractivity contribution in [3.8, 4) is 0 Å². The minimum Gasteiger partial charge on any atom is -0.399 e. The molecule has 2 N–H and O–H groups in total. The van der Waals surface area contributed by atoms with Gasteiger partial charge < -0.3 is 10.6 Å². The number of nitrogen functional groups attached to an aromatic ring is 1. The highest BCUT2D eigenvalue weighted by Crippen LogP contribution is 2.33. The highest BCUT2D eigenvalue weighted by atomic mass is 32.2. The molecule has 0 amide bonds. The number of sulfone groups is 1. The van der Waals surface area contributed by atoms with E-state index in [-0.39, 0.29) is 6.04 Å². The van der Waals surface area contributed by atoms with Crippen molar-refractivity contribution in [1.82, 2.24) is 0 Å². The van der Waals surface area contributed by atoms with Gasteiger partial charge in [-0.1, -0.05) is 0 Å². The fraction of sp³-hybridized carbons (Fsp3) is 0.538. The van der Waals surface area contributed by atoms with E-state index in [0.717, 1.165) is 31.5 Å². The predicted octanol–water partition coefficient (Wildman–Crippen LogP) is 1.21. The van der Waals surface area contributed by atoms with Crippen LogP contribution in [0.3, 0.4) is 0 Å². The molecule has 1 fully saturated rings. The Bertz CT molecular complexity index is 568. The van der Waals surface area contributed by atoms with Crippen molar-refractivity contribution >= 4 is 21.2 Å². The molecule has 1 aromatic rings. The van der Waals surface area contributed by atoms with Gasteiger partial charge in [0.05, 0.1) is 11.5 Å². The lowest BCUT2D eigenvalue weighted by Gasteiger charge is -2.35. The molecule has 4 nitrogen and oxygen atoms in total. The molecule has 1 atom stereocenters. The number of fused-ring (bicyclic) bond motifs is 1. The molecule has 2 aliphatic heterocycles. The molecule has 98 valence electrons. The van der Waals surface area contributed by atoms with Crippen molar-refractivity contribution in [3.63, 3.8) is 0 Å². The van der Waals surface area contributed by atoms with Crippen molar-refractivity contribution < 1.29 is 8.42 Å². The summed E-state index contributed by atoms with van der Waals surface area (Å²) in [6.07, 6.45) is 2.87. The van der Waals surface area contributed by atoms with Gasteiger partial charge in [-0.15, -0.1) is 0 Å². The first-order valence-corrected chi connectivity index (χ1v) is 8.23. The van der Waals surface area contributed by atoms with Crippen LogP contribution in [0.15, 0.2) is 18.2 Å². The van der Waals surface area contributed by atoms with Crippen molar-refractivity contribution in [2.45, 2.75) is 25.3 Å². The topological polar surface area (TPSA) is 63.4 Å². The summed E-state index contributed by atoms with van der Waals surface area (Å²) >= 11 is 0. The van der Waals surface area contributed by atoms with E-state index in [2.05, 4.69) is 4.90 Å². The first-order chi connectivity index (χ1) is 8.55. The number of nitrogens with zero attached hydrogens (tertiary/aromatic N) is 1. The number of hydrogen-bond acceptors (Lipinski definition) is 4. The van der Waals surface area contributed by atoms with Gasteiger partial charge >= 0.3 is 0 Å².